The van der Waals surface area contributed by atoms with Crippen LogP contribution in [0.2, 0.25) is 0 Å². The lowest BCUT2D eigenvalue weighted by molar-refractivity contribution is 0.629. The molecule has 0 radical (unpaired) electrons. The van der Waals surface area contributed by atoms with Crippen LogP contribution < -0.4 is 10.6 Å². The standard InChI is InChI=1S/C20H22FN3S/c1-12-5-4-6-18(13(12)2)24-20(25)22-10-9-16-14(3)23-19-8-7-15(21)11-17(16)19/h4-8,11,23H,9-10H2,1-3H3,(H2,22,24,25). The van der Waals surface area contributed by atoms with Gasteiger partial charge in [-0.25, -0.2) is 4.39 Å². The second-order valence-electron chi connectivity index (χ2n) is 6.30. The van der Waals surface area contributed by atoms with Gasteiger partial charge in [-0.15, -0.1) is 0 Å². The maximum Gasteiger partial charge on any atom is 0.170 e. The van der Waals surface area contributed by atoms with Gasteiger partial charge in [0.25, 0.3) is 0 Å². The van der Waals surface area contributed by atoms with Gasteiger partial charge in [0, 0.05) is 28.8 Å². The average Bonchev–Trinajstić information content (AvgIpc) is 2.87. The average molecular weight is 355 g/mol. The Hall–Kier alpha value is -2.40. The third-order valence-corrected chi connectivity index (χ3v) is 4.84. The zero-order valence-corrected chi connectivity index (χ0v) is 15.5. The second-order valence-corrected chi connectivity index (χ2v) is 6.71. The van der Waals surface area contributed by atoms with Gasteiger partial charge < -0.3 is 15.6 Å². The summed E-state index contributed by atoms with van der Waals surface area (Å²) in [6.07, 6.45) is 0.768. The SMILES string of the molecule is Cc1cccc(NC(=S)NCCc2c(C)[nH]c3ccc(F)cc23)c1C. The molecule has 0 spiro atoms. The number of rotatable bonds is 4. The minimum Gasteiger partial charge on any atom is -0.362 e. The first kappa shape index (κ1) is 17.4. The normalized spacial score (nSPS) is 10.9. The molecule has 0 aliphatic heterocycles. The second kappa shape index (κ2) is 7.23. The fourth-order valence-corrected chi connectivity index (χ4v) is 3.24. The van der Waals surface area contributed by atoms with Crippen molar-refractivity contribution < 1.29 is 4.39 Å². The number of anilines is 1. The van der Waals surface area contributed by atoms with Crippen LogP contribution in [0.1, 0.15) is 22.4 Å². The van der Waals surface area contributed by atoms with E-state index in [1.807, 2.05) is 19.1 Å². The van der Waals surface area contributed by atoms with E-state index >= 15 is 0 Å². The Morgan fingerprint density at radius 3 is 2.76 bits per heavy atom. The minimum absolute atomic E-state index is 0.215. The number of nitrogens with one attached hydrogen (secondary N) is 3. The van der Waals surface area contributed by atoms with E-state index in [0.29, 0.717) is 11.7 Å². The molecule has 3 nitrogen and oxygen atoms in total. The summed E-state index contributed by atoms with van der Waals surface area (Å²) < 4.78 is 13.5. The molecule has 2 aromatic carbocycles. The van der Waals surface area contributed by atoms with Gasteiger partial charge in [0.1, 0.15) is 5.82 Å². The number of thiocarbonyl (C=S) groups is 1. The summed E-state index contributed by atoms with van der Waals surface area (Å²) in [7, 11) is 0. The Bertz CT molecular complexity index is 930. The highest BCUT2D eigenvalue weighted by molar-refractivity contribution is 7.80. The predicted molar refractivity (Wildman–Crippen MR) is 107 cm³/mol. The van der Waals surface area contributed by atoms with Gasteiger partial charge in [0.2, 0.25) is 0 Å². The molecular formula is C20H22FN3S. The van der Waals surface area contributed by atoms with Crippen LogP contribution in [0.3, 0.4) is 0 Å². The lowest BCUT2D eigenvalue weighted by atomic mass is 10.1. The number of aromatic amines is 1. The van der Waals surface area contributed by atoms with Crippen molar-refractivity contribution in [2.75, 3.05) is 11.9 Å². The summed E-state index contributed by atoms with van der Waals surface area (Å²) in [5, 5.41) is 8.01. The number of H-pyrrole nitrogens is 1. The molecule has 3 aromatic rings. The molecule has 0 saturated heterocycles. The number of hydrogen-bond donors (Lipinski definition) is 3. The van der Waals surface area contributed by atoms with Crippen LogP contribution in [0.4, 0.5) is 10.1 Å². The molecule has 130 valence electrons. The molecule has 3 rings (SSSR count). The Balaban J connectivity index is 1.63. The van der Waals surface area contributed by atoms with E-state index < -0.39 is 0 Å². The summed E-state index contributed by atoms with van der Waals surface area (Å²) in [5.74, 6) is -0.215. The highest BCUT2D eigenvalue weighted by Gasteiger charge is 2.09. The molecule has 0 fully saturated rings. The zero-order chi connectivity index (χ0) is 18.0. The minimum atomic E-state index is -0.215. The third-order valence-electron chi connectivity index (χ3n) is 4.59. The van der Waals surface area contributed by atoms with E-state index in [2.05, 4.69) is 35.5 Å². The number of aromatic nitrogens is 1. The molecule has 0 aliphatic carbocycles. The van der Waals surface area contributed by atoms with Crippen molar-refractivity contribution in [3.63, 3.8) is 0 Å². The monoisotopic (exact) mass is 355 g/mol. The molecule has 3 N–H and O–H groups in total. The summed E-state index contributed by atoms with van der Waals surface area (Å²) in [6.45, 7) is 6.85. The van der Waals surface area contributed by atoms with Gasteiger partial charge in [-0.2, -0.15) is 0 Å². The molecule has 0 unspecified atom stereocenters. The topological polar surface area (TPSA) is 39.8 Å². The number of aryl methyl sites for hydroxylation is 2. The van der Waals surface area contributed by atoms with Crippen LogP contribution in [0.5, 0.6) is 0 Å². The molecule has 5 heteroatoms. The van der Waals surface area contributed by atoms with Crippen LogP contribution in [0.15, 0.2) is 36.4 Å². The van der Waals surface area contributed by atoms with Crippen molar-refractivity contribution in [2.24, 2.45) is 0 Å². The molecule has 0 bridgehead atoms. The van der Waals surface area contributed by atoms with E-state index in [1.54, 1.807) is 12.1 Å². The van der Waals surface area contributed by atoms with Crippen molar-refractivity contribution in [1.29, 1.82) is 0 Å². The van der Waals surface area contributed by atoms with Crippen molar-refractivity contribution in [1.82, 2.24) is 10.3 Å². The van der Waals surface area contributed by atoms with Gasteiger partial charge in [-0.05, 0) is 80.4 Å². The van der Waals surface area contributed by atoms with Crippen LogP contribution >= 0.6 is 12.2 Å². The van der Waals surface area contributed by atoms with E-state index in [9.17, 15) is 4.39 Å². The Morgan fingerprint density at radius 2 is 1.96 bits per heavy atom. The molecule has 0 amide bonds. The maximum absolute atomic E-state index is 13.5. The largest absolute Gasteiger partial charge is 0.362 e. The predicted octanol–water partition coefficient (Wildman–Crippen LogP) is 4.76. The molecule has 25 heavy (non-hydrogen) atoms. The Kier molecular flexibility index (Phi) is 5.04. The number of halogens is 1. The highest BCUT2D eigenvalue weighted by Crippen LogP contribution is 2.23. The van der Waals surface area contributed by atoms with E-state index in [4.69, 9.17) is 12.2 Å². The van der Waals surface area contributed by atoms with Crippen LogP contribution in [-0.4, -0.2) is 16.6 Å². The number of fused-ring (bicyclic) bond motifs is 1. The highest BCUT2D eigenvalue weighted by atomic mass is 32.1. The molecule has 0 aliphatic rings. The van der Waals surface area contributed by atoms with Gasteiger partial charge in [0.15, 0.2) is 5.11 Å². The van der Waals surface area contributed by atoms with Gasteiger partial charge in [-0.3, -0.25) is 0 Å². The quantitative estimate of drug-likeness (QED) is 0.591. The molecule has 1 aromatic heterocycles. The lowest BCUT2D eigenvalue weighted by Gasteiger charge is -2.14. The van der Waals surface area contributed by atoms with Gasteiger partial charge in [-0.1, -0.05) is 12.1 Å². The third kappa shape index (κ3) is 3.82. The van der Waals surface area contributed by atoms with Crippen molar-refractivity contribution in [2.45, 2.75) is 27.2 Å². The summed E-state index contributed by atoms with van der Waals surface area (Å²) in [6, 6.07) is 10.9. The van der Waals surface area contributed by atoms with E-state index in [0.717, 1.165) is 34.3 Å². The lowest BCUT2D eigenvalue weighted by Crippen LogP contribution is -2.30. The van der Waals surface area contributed by atoms with Gasteiger partial charge in [0.05, 0.1) is 0 Å². The van der Waals surface area contributed by atoms with Crippen LogP contribution in [0, 0.1) is 26.6 Å². The molecule has 0 saturated carbocycles. The van der Waals surface area contributed by atoms with Crippen molar-refractivity contribution in [3.8, 4) is 0 Å². The zero-order valence-electron chi connectivity index (χ0n) is 14.7. The molecule has 1 heterocycles. The fourth-order valence-electron chi connectivity index (χ4n) is 3.03. The molecular weight excluding hydrogens is 333 g/mol. The van der Waals surface area contributed by atoms with Crippen LogP contribution in [-0.2, 0) is 6.42 Å². The maximum atomic E-state index is 13.5. The Morgan fingerprint density at radius 1 is 1.16 bits per heavy atom. The Labute approximate surface area is 152 Å². The number of hydrogen-bond acceptors (Lipinski definition) is 1. The first-order chi connectivity index (χ1) is 12.0. The summed E-state index contributed by atoms with van der Waals surface area (Å²) in [5.41, 5.74) is 6.58. The summed E-state index contributed by atoms with van der Waals surface area (Å²) >= 11 is 5.39. The van der Waals surface area contributed by atoms with Crippen molar-refractivity contribution in [3.05, 3.63) is 64.6 Å². The van der Waals surface area contributed by atoms with Crippen molar-refractivity contribution >= 4 is 33.9 Å². The summed E-state index contributed by atoms with van der Waals surface area (Å²) in [4.78, 5) is 3.30. The first-order valence-electron chi connectivity index (χ1n) is 8.33. The fraction of sp³-hybridized carbons (Fsp3) is 0.250. The van der Waals surface area contributed by atoms with Gasteiger partial charge >= 0.3 is 0 Å². The van der Waals surface area contributed by atoms with E-state index in [-0.39, 0.29) is 5.82 Å². The number of benzene rings is 2. The molecule has 0 atom stereocenters. The smallest absolute Gasteiger partial charge is 0.170 e. The van der Waals surface area contributed by atoms with E-state index in [1.165, 1.54) is 17.2 Å². The first-order valence-corrected chi connectivity index (χ1v) is 8.74. The van der Waals surface area contributed by atoms with Crippen LogP contribution in [0.25, 0.3) is 10.9 Å².